The fourth-order valence-corrected chi connectivity index (χ4v) is 4.52. The first-order valence-electron chi connectivity index (χ1n) is 10.7. The highest BCUT2D eigenvalue weighted by Gasteiger charge is 2.44. The maximum atomic E-state index is 13.4. The molecule has 1 atom stereocenters. The van der Waals surface area contributed by atoms with Crippen molar-refractivity contribution < 1.29 is 14.3 Å². The number of nitriles is 1. The van der Waals surface area contributed by atoms with Crippen molar-refractivity contribution in [3.8, 4) is 11.8 Å². The lowest BCUT2D eigenvalue weighted by molar-refractivity contribution is -0.118. The van der Waals surface area contributed by atoms with Crippen LogP contribution in [-0.4, -0.2) is 23.8 Å². The first-order chi connectivity index (χ1) is 15.8. The van der Waals surface area contributed by atoms with E-state index >= 15 is 0 Å². The third kappa shape index (κ3) is 4.08. The number of hydrazine groups is 1. The van der Waals surface area contributed by atoms with Crippen LogP contribution in [0.2, 0.25) is 0 Å². The molecule has 1 amide bonds. The Bertz CT molecular complexity index is 1200. The first kappa shape index (κ1) is 22.2. The number of hydrogen-bond donors (Lipinski definition) is 2. The quantitative estimate of drug-likeness (QED) is 0.746. The van der Waals surface area contributed by atoms with Gasteiger partial charge in [-0.2, -0.15) is 5.26 Å². The van der Waals surface area contributed by atoms with Crippen molar-refractivity contribution in [2.45, 2.75) is 32.6 Å². The third-order valence-corrected chi connectivity index (χ3v) is 6.08. The van der Waals surface area contributed by atoms with Gasteiger partial charge in [0, 0.05) is 17.6 Å². The third-order valence-electron chi connectivity index (χ3n) is 6.08. The fourth-order valence-electron chi connectivity index (χ4n) is 4.52. The number of ketones is 1. The van der Waals surface area contributed by atoms with Crippen molar-refractivity contribution >= 4 is 11.7 Å². The van der Waals surface area contributed by atoms with Crippen molar-refractivity contribution in [1.29, 1.82) is 5.26 Å². The molecule has 0 saturated carbocycles. The molecule has 1 aliphatic carbocycles. The van der Waals surface area contributed by atoms with E-state index in [9.17, 15) is 14.9 Å². The highest BCUT2D eigenvalue weighted by Crippen LogP contribution is 2.48. The highest BCUT2D eigenvalue weighted by atomic mass is 16.5. The van der Waals surface area contributed by atoms with Crippen molar-refractivity contribution in [2.24, 2.45) is 11.1 Å². The van der Waals surface area contributed by atoms with Crippen LogP contribution >= 0.6 is 0 Å². The van der Waals surface area contributed by atoms with E-state index in [4.69, 9.17) is 10.5 Å². The minimum Gasteiger partial charge on any atom is -0.497 e. The van der Waals surface area contributed by atoms with Gasteiger partial charge in [0.05, 0.1) is 30.4 Å². The Labute approximate surface area is 193 Å². The molecule has 2 aromatic carbocycles. The number of benzene rings is 2. The summed E-state index contributed by atoms with van der Waals surface area (Å²) >= 11 is 0. The number of amides is 1. The van der Waals surface area contributed by atoms with E-state index in [0.29, 0.717) is 35.4 Å². The van der Waals surface area contributed by atoms with E-state index in [1.54, 1.807) is 43.5 Å². The topological polar surface area (TPSA) is 108 Å². The standard InChI is InChI=1S/C26H26N4O3/c1-26(2)13-20-23(21(31)14-26)22(16-9-11-18(33-3)12-10-16)19(15-27)24(28)30(20)29-25(32)17-7-5-4-6-8-17/h4-12,22H,13-14,28H2,1-3H3,(H,29,32). The molecule has 0 aromatic heterocycles. The minimum absolute atomic E-state index is 0.0544. The first-order valence-corrected chi connectivity index (χ1v) is 10.7. The Balaban J connectivity index is 1.85. The van der Waals surface area contributed by atoms with E-state index in [1.165, 1.54) is 5.01 Å². The number of carbonyl (C=O) groups is 2. The Morgan fingerprint density at radius 3 is 2.42 bits per heavy atom. The zero-order valence-electron chi connectivity index (χ0n) is 18.9. The second-order valence-corrected chi connectivity index (χ2v) is 9.06. The molecule has 0 saturated heterocycles. The van der Waals surface area contributed by atoms with Gasteiger partial charge >= 0.3 is 0 Å². The molecule has 4 rings (SSSR count). The van der Waals surface area contributed by atoms with Crippen LogP contribution in [0.25, 0.3) is 0 Å². The number of rotatable bonds is 4. The number of nitrogens with two attached hydrogens (primary N) is 1. The molecule has 1 unspecified atom stereocenters. The predicted octanol–water partition coefficient (Wildman–Crippen LogP) is 3.78. The summed E-state index contributed by atoms with van der Waals surface area (Å²) in [6.07, 6.45) is 0.868. The maximum absolute atomic E-state index is 13.4. The number of hydrogen-bond acceptors (Lipinski definition) is 6. The molecule has 168 valence electrons. The predicted molar refractivity (Wildman–Crippen MR) is 123 cm³/mol. The van der Waals surface area contributed by atoms with Gasteiger partial charge < -0.3 is 10.5 Å². The number of ether oxygens (including phenoxy) is 1. The van der Waals surface area contributed by atoms with Gasteiger partial charge in [-0.25, -0.2) is 5.01 Å². The molecule has 0 fully saturated rings. The normalized spacial score (nSPS) is 19.6. The summed E-state index contributed by atoms with van der Waals surface area (Å²) in [6, 6.07) is 18.2. The molecule has 3 N–H and O–H groups in total. The van der Waals surface area contributed by atoms with Crippen LogP contribution in [0, 0.1) is 16.7 Å². The van der Waals surface area contributed by atoms with Gasteiger partial charge in [-0.05, 0) is 41.7 Å². The van der Waals surface area contributed by atoms with E-state index in [0.717, 1.165) is 5.56 Å². The van der Waals surface area contributed by atoms with Crippen LogP contribution < -0.4 is 15.9 Å². The fraction of sp³-hybridized carbons (Fsp3) is 0.269. The van der Waals surface area contributed by atoms with Gasteiger partial charge in [0.2, 0.25) is 0 Å². The van der Waals surface area contributed by atoms with Crippen LogP contribution in [0.5, 0.6) is 5.75 Å². The van der Waals surface area contributed by atoms with Crippen LogP contribution in [0.15, 0.2) is 77.3 Å². The van der Waals surface area contributed by atoms with Gasteiger partial charge in [-0.15, -0.1) is 0 Å². The molecule has 7 heteroatoms. The summed E-state index contributed by atoms with van der Waals surface area (Å²) in [5, 5.41) is 11.5. The average Bonchev–Trinajstić information content (AvgIpc) is 2.80. The molecule has 2 aliphatic rings. The molecular weight excluding hydrogens is 416 g/mol. The van der Waals surface area contributed by atoms with Gasteiger partial charge in [0.25, 0.3) is 5.91 Å². The molecule has 7 nitrogen and oxygen atoms in total. The van der Waals surface area contributed by atoms with Crippen molar-refractivity contribution in [2.75, 3.05) is 7.11 Å². The van der Waals surface area contributed by atoms with E-state index in [-0.39, 0.29) is 28.5 Å². The monoisotopic (exact) mass is 442 g/mol. The summed E-state index contributed by atoms with van der Waals surface area (Å²) in [7, 11) is 1.58. The number of nitrogens with one attached hydrogen (secondary N) is 1. The van der Waals surface area contributed by atoms with Crippen molar-refractivity contribution in [3.05, 3.63) is 88.4 Å². The number of nitrogens with zero attached hydrogens (tertiary/aromatic N) is 2. The van der Waals surface area contributed by atoms with E-state index in [1.807, 2.05) is 32.0 Å². The Kier molecular flexibility index (Phi) is 5.69. The second-order valence-electron chi connectivity index (χ2n) is 9.06. The SMILES string of the molecule is COc1ccc(C2C(C#N)=C(N)N(NC(=O)c3ccccc3)C3=C2C(=O)CC(C)(C)C3)cc1. The number of allylic oxidation sites excluding steroid dienone is 3. The Hall–Kier alpha value is -4.05. The number of carbonyl (C=O) groups excluding carboxylic acids is 2. The lowest BCUT2D eigenvalue weighted by Gasteiger charge is -2.43. The van der Waals surface area contributed by atoms with Crippen LogP contribution in [-0.2, 0) is 4.79 Å². The van der Waals surface area contributed by atoms with Gasteiger partial charge in [-0.1, -0.05) is 44.2 Å². The molecule has 1 heterocycles. The summed E-state index contributed by atoms with van der Waals surface area (Å²) < 4.78 is 5.25. The summed E-state index contributed by atoms with van der Waals surface area (Å²) in [5.41, 5.74) is 11.6. The molecule has 2 aromatic rings. The summed E-state index contributed by atoms with van der Waals surface area (Å²) in [5.74, 6) is -0.244. The van der Waals surface area contributed by atoms with E-state index < -0.39 is 5.92 Å². The van der Waals surface area contributed by atoms with E-state index in [2.05, 4.69) is 11.5 Å². The zero-order chi connectivity index (χ0) is 23.8. The molecule has 0 spiro atoms. The van der Waals surface area contributed by atoms with Crippen LogP contribution in [0.3, 0.4) is 0 Å². The van der Waals surface area contributed by atoms with Gasteiger partial charge in [0.1, 0.15) is 11.6 Å². The molecule has 0 radical (unpaired) electrons. The Morgan fingerprint density at radius 1 is 1.15 bits per heavy atom. The molecule has 1 aliphatic heterocycles. The molecular formula is C26H26N4O3. The molecule has 0 bridgehead atoms. The lowest BCUT2D eigenvalue weighted by Crippen LogP contribution is -2.49. The maximum Gasteiger partial charge on any atom is 0.270 e. The smallest absolute Gasteiger partial charge is 0.270 e. The number of Topliss-reactive ketones (excluding diaryl/α,β-unsaturated/α-hetero) is 1. The van der Waals surface area contributed by atoms with Crippen molar-refractivity contribution in [3.63, 3.8) is 0 Å². The summed E-state index contributed by atoms with van der Waals surface area (Å²) in [4.78, 5) is 26.4. The minimum atomic E-state index is -0.607. The highest BCUT2D eigenvalue weighted by molar-refractivity contribution is 6.01. The Morgan fingerprint density at radius 2 is 1.82 bits per heavy atom. The van der Waals surface area contributed by atoms with Gasteiger partial charge in [0.15, 0.2) is 5.78 Å². The van der Waals surface area contributed by atoms with Crippen LogP contribution in [0.4, 0.5) is 0 Å². The second kappa shape index (κ2) is 8.47. The van der Waals surface area contributed by atoms with Gasteiger partial charge in [-0.3, -0.25) is 15.0 Å². The number of methoxy groups -OCH3 is 1. The summed E-state index contributed by atoms with van der Waals surface area (Å²) in [6.45, 7) is 4.02. The average molecular weight is 443 g/mol. The molecule has 33 heavy (non-hydrogen) atoms. The lowest BCUT2D eigenvalue weighted by atomic mass is 9.69. The van der Waals surface area contributed by atoms with Crippen LogP contribution in [0.1, 0.15) is 48.5 Å². The van der Waals surface area contributed by atoms with Crippen molar-refractivity contribution in [1.82, 2.24) is 10.4 Å². The zero-order valence-corrected chi connectivity index (χ0v) is 18.9. The largest absolute Gasteiger partial charge is 0.497 e.